The van der Waals surface area contributed by atoms with Crippen molar-refractivity contribution in [2.45, 2.75) is 18.9 Å². The molecule has 1 aliphatic rings. The van der Waals surface area contributed by atoms with Crippen LogP contribution in [0.15, 0.2) is 24.3 Å². The number of rotatable bonds is 3. The Balaban J connectivity index is 0.00000180. The number of esters is 1. The van der Waals surface area contributed by atoms with Crippen molar-refractivity contribution in [3.8, 4) is 5.75 Å². The van der Waals surface area contributed by atoms with Crippen LogP contribution in [0.1, 0.15) is 23.2 Å². The molecule has 1 aliphatic heterocycles. The van der Waals surface area contributed by atoms with Crippen LogP contribution in [0.2, 0.25) is 0 Å². The Labute approximate surface area is 120 Å². The number of ether oxygens (including phenoxy) is 2. The molecule has 2 rings (SSSR count). The molecule has 1 fully saturated rings. The number of carbonyl (C=O) groups excluding carboxylic acids is 1. The van der Waals surface area contributed by atoms with E-state index >= 15 is 0 Å². The van der Waals surface area contributed by atoms with E-state index < -0.39 is 0 Å². The van der Waals surface area contributed by atoms with E-state index in [2.05, 4.69) is 11.9 Å². The highest BCUT2D eigenvalue weighted by Crippen LogP contribution is 2.16. The molecule has 4 nitrogen and oxygen atoms in total. The summed E-state index contributed by atoms with van der Waals surface area (Å²) in [5.41, 5.74) is 0.578. The number of benzene rings is 1. The van der Waals surface area contributed by atoms with E-state index in [-0.39, 0.29) is 24.5 Å². The number of hydrogen-bond acceptors (Lipinski definition) is 4. The van der Waals surface area contributed by atoms with E-state index in [0.29, 0.717) is 5.56 Å². The van der Waals surface area contributed by atoms with E-state index in [1.165, 1.54) is 0 Å². The first-order valence-electron chi connectivity index (χ1n) is 6.22. The Morgan fingerprint density at radius 1 is 1.21 bits per heavy atom. The van der Waals surface area contributed by atoms with E-state index in [9.17, 15) is 4.79 Å². The van der Waals surface area contributed by atoms with Gasteiger partial charge in [-0.15, -0.1) is 0 Å². The van der Waals surface area contributed by atoms with E-state index in [4.69, 9.17) is 9.47 Å². The molecule has 0 radical (unpaired) electrons. The maximum Gasteiger partial charge on any atom is 0.338 e. The Morgan fingerprint density at radius 2 is 1.79 bits per heavy atom. The smallest absolute Gasteiger partial charge is 0.338 e. The summed E-state index contributed by atoms with van der Waals surface area (Å²) in [6.45, 7) is 1.97. The second-order valence-electron chi connectivity index (χ2n) is 4.64. The second kappa shape index (κ2) is 7.36. The van der Waals surface area contributed by atoms with Gasteiger partial charge in [-0.05, 0) is 44.2 Å². The molecule has 19 heavy (non-hydrogen) atoms. The van der Waals surface area contributed by atoms with Gasteiger partial charge < -0.3 is 26.8 Å². The van der Waals surface area contributed by atoms with Gasteiger partial charge >= 0.3 is 5.97 Å². The monoisotopic (exact) mass is 284 g/mol. The molecule has 1 aromatic carbocycles. The van der Waals surface area contributed by atoms with Crippen LogP contribution in [0.4, 0.5) is 0 Å². The lowest BCUT2D eigenvalue weighted by Gasteiger charge is -2.28. The molecular weight excluding hydrogens is 266 g/mol. The van der Waals surface area contributed by atoms with Crippen molar-refractivity contribution in [1.82, 2.24) is 4.90 Å². The van der Waals surface area contributed by atoms with Crippen LogP contribution in [-0.4, -0.2) is 44.2 Å². The summed E-state index contributed by atoms with van der Waals surface area (Å²) in [6, 6.07) is 7.00. The Bertz CT molecular complexity index is 400. The number of likely N-dealkylation sites (tertiary alicyclic amines) is 1. The topological polar surface area (TPSA) is 38.8 Å². The minimum absolute atomic E-state index is 0. The minimum atomic E-state index is -0.243. The molecule has 0 spiro atoms. The Kier molecular flexibility index (Phi) is 6.12. The summed E-state index contributed by atoms with van der Waals surface area (Å²) < 4.78 is 10.5. The number of carbonyl (C=O) groups is 1. The average Bonchev–Trinajstić information content (AvgIpc) is 2.41. The van der Waals surface area contributed by atoms with Crippen LogP contribution in [0.3, 0.4) is 0 Å². The van der Waals surface area contributed by atoms with Crippen LogP contribution < -0.4 is 17.1 Å². The quantitative estimate of drug-likeness (QED) is 0.664. The highest BCUT2D eigenvalue weighted by molar-refractivity contribution is 5.89. The van der Waals surface area contributed by atoms with Crippen LogP contribution in [-0.2, 0) is 4.74 Å². The van der Waals surface area contributed by atoms with Crippen molar-refractivity contribution in [3.63, 3.8) is 0 Å². The van der Waals surface area contributed by atoms with E-state index in [0.717, 1.165) is 31.7 Å². The molecule has 5 heteroatoms. The van der Waals surface area contributed by atoms with Gasteiger partial charge in [0.2, 0.25) is 0 Å². The fourth-order valence-electron chi connectivity index (χ4n) is 2.05. The maximum absolute atomic E-state index is 11.9. The van der Waals surface area contributed by atoms with Crippen LogP contribution in [0, 0.1) is 0 Å². The van der Waals surface area contributed by atoms with Gasteiger partial charge in [0.1, 0.15) is 11.9 Å². The molecule has 106 valence electrons. The third kappa shape index (κ3) is 4.40. The molecule has 0 amide bonds. The fraction of sp³-hybridized carbons (Fsp3) is 0.500. The predicted molar refractivity (Wildman–Crippen MR) is 68.9 cm³/mol. The van der Waals surface area contributed by atoms with Gasteiger partial charge in [0.15, 0.2) is 0 Å². The minimum Gasteiger partial charge on any atom is -1.00 e. The zero-order valence-corrected chi connectivity index (χ0v) is 12.0. The fourth-order valence-corrected chi connectivity index (χ4v) is 2.05. The van der Waals surface area contributed by atoms with Crippen LogP contribution >= 0.6 is 0 Å². The van der Waals surface area contributed by atoms with Crippen molar-refractivity contribution < 1.29 is 26.7 Å². The van der Waals surface area contributed by atoms with Gasteiger partial charge in [0, 0.05) is 13.1 Å². The summed E-state index contributed by atoms with van der Waals surface area (Å²) >= 11 is 0. The van der Waals surface area contributed by atoms with Crippen molar-refractivity contribution in [1.29, 1.82) is 0 Å². The number of hydrogen-bond donors (Lipinski definition) is 0. The molecule has 0 aliphatic carbocycles. The summed E-state index contributed by atoms with van der Waals surface area (Å²) in [5, 5.41) is 0. The molecule has 0 N–H and O–H groups in total. The first kappa shape index (κ1) is 15.8. The maximum atomic E-state index is 11.9. The molecule has 1 saturated heterocycles. The number of halogens is 1. The molecule has 0 atom stereocenters. The molecule has 0 unspecified atom stereocenters. The highest BCUT2D eigenvalue weighted by Gasteiger charge is 2.20. The van der Waals surface area contributed by atoms with Gasteiger partial charge in [-0.1, -0.05) is 0 Å². The SMILES string of the molecule is COc1ccc(C(=O)OC2CCN(C)CC2)cc1.[Cl-]. The Morgan fingerprint density at radius 3 is 2.32 bits per heavy atom. The highest BCUT2D eigenvalue weighted by atomic mass is 35.5. The summed E-state index contributed by atoms with van der Waals surface area (Å²) in [5.74, 6) is 0.498. The van der Waals surface area contributed by atoms with Crippen molar-refractivity contribution >= 4 is 5.97 Å². The molecular formula is C14H19ClNO3-. The average molecular weight is 285 g/mol. The summed E-state index contributed by atoms with van der Waals surface area (Å²) in [6.07, 6.45) is 1.88. The molecule has 0 bridgehead atoms. The van der Waals surface area contributed by atoms with Crippen LogP contribution in [0.5, 0.6) is 5.75 Å². The largest absolute Gasteiger partial charge is 1.00 e. The second-order valence-corrected chi connectivity index (χ2v) is 4.64. The lowest BCUT2D eigenvalue weighted by Crippen LogP contribution is -3.00. The summed E-state index contributed by atoms with van der Waals surface area (Å²) in [4.78, 5) is 14.2. The van der Waals surface area contributed by atoms with Crippen LogP contribution in [0.25, 0.3) is 0 Å². The van der Waals surface area contributed by atoms with Crippen molar-refractivity contribution in [2.24, 2.45) is 0 Å². The van der Waals surface area contributed by atoms with E-state index in [1.54, 1.807) is 31.4 Å². The normalized spacial score (nSPS) is 16.5. The first-order chi connectivity index (χ1) is 8.69. The predicted octanol–water partition coefficient (Wildman–Crippen LogP) is -1.05. The molecule has 1 aromatic rings. The molecule has 0 saturated carbocycles. The first-order valence-corrected chi connectivity index (χ1v) is 6.22. The zero-order valence-electron chi connectivity index (χ0n) is 11.3. The molecule has 0 aromatic heterocycles. The van der Waals surface area contributed by atoms with Gasteiger partial charge in [0.05, 0.1) is 12.7 Å². The third-order valence-electron chi connectivity index (χ3n) is 3.27. The lowest BCUT2D eigenvalue weighted by atomic mass is 10.1. The third-order valence-corrected chi connectivity index (χ3v) is 3.27. The number of nitrogens with zero attached hydrogens (tertiary/aromatic N) is 1. The zero-order chi connectivity index (χ0) is 13.0. The van der Waals surface area contributed by atoms with Crippen molar-refractivity contribution in [3.05, 3.63) is 29.8 Å². The Hall–Kier alpha value is -1.26. The van der Waals surface area contributed by atoms with Gasteiger partial charge in [-0.3, -0.25) is 0 Å². The van der Waals surface area contributed by atoms with Crippen molar-refractivity contribution in [2.75, 3.05) is 27.2 Å². The molecule has 1 heterocycles. The van der Waals surface area contributed by atoms with E-state index in [1.807, 2.05) is 0 Å². The van der Waals surface area contributed by atoms with Gasteiger partial charge in [-0.2, -0.15) is 0 Å². The lowest BCUT2D eigenvalue weighted by molar-refractivity contribution is -0.0000651. The van der Waals surface area contributed by atoms with Gasteiger partial charge in [-0.25, -0.2) is 4.79 Å². The summed E-state index contributed by atoms with van der Waals surface area (Å²) in [7, 11) is 3.69. The number of methoxy groups -OCH3 is 1. The van der Waals surface area contributed by atoms with Gasteiger partial charge in [0.25, 0.3) is 0 Å². The standard InChI is InChI=1S/C14H19NO3.ClH/c1-15-9-7-13(8-10-15)18-14(16)11-3-5-12(17-2)6-4-11;/h3-6,13H,7-10H2,1-2H3;1H/p-1. The number of piperidine rings is 1.